The van der Waals surface area contributed by atoms with Crippen molar-refractivity contribution < 1.29 is 0 Å². The molecule has 0 radical (unpaired) electrons. The van der Waals surface area contributed by atoms with Crippen molar-refractivity contribution in [1.82, 2.24) is 29.5 Å². The van der Waals surface area contributed by atoms with E-state index >= 15 is 0 Å². The normalized spacial score (nSPS) is 16.3. The van der Waals surface area contributed by atoms with Crippen molar-refractivity contribution in [3.05, 3.63) is 43.0 Å². The number of hydrogen-bond donors (Lipinski definition) is 2. The average molecular weight is 361 g/mol. The molecule has 27 heavy (non-hydrogen) atoms. The van der Waals surface area contributed by atoms with Gasteiger partial charge in [-0.3, -0.25) is 0 Å². The van der Waals surface area contributed by atoms with Crippen LogP contribution in [-0.2, 0) is 0 Å². The van der Waals surface area contributed by atoms with Gasteiger partial charge in [0.15, 0.2) is 0 Å². The zero-order chi connectivity index (χ0) is 18.2. The molecule has 0 amide bonds. The summed E-state index contributed by atoms with van der Waals surface area (Å²) in [7, 11) is 2.19. The smallest absolute Gasteiger partial charge is 0.224 e. The highest BCUT2D eigenvalue weighted by Crippen LogP contribution is 2.28. The van der Waals surface area contributed by atoms with Gasteiger partial charge in [-0.15, -0.1) is 0 Å². The molecule has 0 unspecified atom stereocenters. The van der Waals surface area contributed by atoms with Crippen LogP contribution in [0.1, 0.15) is 12.8 Å². The Bertz CT molecular complexity index is 1070. The Labute approximate surface area is 157 Å². The summed E-state index contributed by atoms with van der Waals surface area (Å²) in [5.41, 5.74) is 4.17. The second-order valence-corrected chi connectivity index (χ2v) is 7.40. The first kappa shape index (κ1) is 16.3. The van der Waals surface area contributed by atoms with Crippen molar-refractivity contribution in [3.8, 4) is 11.1 Å². The summed E-state index contributed by atoms with van der Waals surface area (Å²) >= 11 is 0. The van der Waals surface area contributed by atoms with Gasteiger partial charge in [0.1, 0.15) is 5.65 Å². The summed E-state index contributed by atoms with van der Waals surface area (Å²) in [6.07, 6.45) is 10.2. The zero-order valence-corrected chi connectivity index (χ0v) is 15.4. The molecular weight excluding hydrogens is 338 g/mol. The molecule has 4 aromatic heterocycles. The third kappa shape index (κ3) is 3.14. The van der Waals surface area contributed by atoms with Crippen molar-refractivity contribution in [3.63, 3.8) is 0 Å². The van der Waals surface area contributed by atoms with Gasteiger partial charge in [-0.05, 0) is 62.7 Å². The fourth-order valence-electron chi connectivity index (χ4n) is 3.82. The van der Waals surface area contributed by atoms with Crippen LogP contribution in [0.3, 0.4) is 0 Å². The zero-order valence-electron chi connectivity index (χ0n) is 15.4. The van der Waals surface area contributed by atoms with E-state index in [1.165, 1.54) is 25.9 Å². The number of fused-ring (bicyclic) bond motifs is 2. The lowest BCUT2D eigenvalue weighted by Crippen LogP contribution is -2.33. The van der Waals surface area contributed by atoms with Crippen LogP contribution in [0, 0.1) is 5.92 Å². The van der Waals surface area contributed by atoms with E-state index in [0.29, 0.717) is 11.9 Å². The average Bonchev–Trinajstić information content (AvgIpc) is 3.33. The fourth-order valence-corrected chi connectivity index (χ4v) is 3.82. The van der Waals surface area contributed by atoms with Gasteiger partial charge < -0.3 is 15.2 Å². The molecule has 5 rings (SSSR count). The number of rotatable bonds is 4. The van der Waals surface area contributed by atoms with Gasteiger partial charge in [0.2, 0.25) is 5.95 Å². The largest absolute Gasteiger partial charge is 0.354 e. The Hall–Kier alpha value is -2.93. The molecule has 7 nitrogen and oxygen atoms in total. The second-order valence-electron chi connectivity index (χ2n) is 7.40. The summed E-state index contributed by atoms with van der Waals surface area (Å²) in [5.74, 6) is 1.39. The van der Waals surface area contributed by atoms with Gasteiger partial charge >= 0.3 is 0 Å². The Morgan fingerprint density at radius 3 is 3.04 bits per heavy atom. The summed E-state index contributed by atoms with van der Waals surface area (Å²) < 4.78 is 1.86. The quantitative estimate of drug-likeness (QED) is 0.584. The van der Waals surface area contributed by atoms with E-state index in [1.54, 1.807) is 6.20 Å². The van der Waals surface area contributed by atoms with E-state index in [4.69, 9.17) is 0 Å². The maximum absolute atomic E-state index is 4.67. The minimum absolute atomic E-state index is 0.695. The number of nitrogens with zero attached hydrogens (tertiary/aromatic N) is 5. The minimum atomic E-state index is 0.695. The molecule has 0 spiro atoms. The van der Waals surface area contributed by atoms with Crippen LogP contribution < -0.4 is 5.32 Å². The van der Waals surface area contributed by atoms with Crippen LogP contribution in [0.2, 0.25) is 0 Å². The summed E-state index contributed by atoms with van der Waals surface area (Å²) in [6.45, 7) is 3.28. The van der Waals surface area contributed by atoms with Crippen molar-refractivity contribution in [2.75, 3.05) is 32.0 Å². The van der Waals surface area contributed by atoms with Gasteiger partial charge in [-0.1, -0.05) is 0 Å². The van der Waals surface area contributed by atoms with E-state index < -0.39 is 0 Å². The lowest BCUT2D eigenvalue weighted by molar-refractivity contribution is 0.226. The first-order chi connectivity index (χ1) is 13.3. The molecule has 1 aliphatic heterocycles. The lowest BCUT2D eigenvalue weighted by atomic mass is 9.97. The molecule has 5 heterocycles. The molecule has 0 bridgehead atoms. The molecule has 4 aromatic rings. The number of anilines is 1. The van der Waals surface area contributed by atoms with Gasteiger partial charge in [0.05, 0.1) is 5.52 Å². The number of aromatic nitrogens is 5. The van der Waals surface area contributed by atoms with Gasteiger partial charge in [-0.2, -0.15) is 10.1 Å². The number of piperidine rings is 1. The summed E-state index contributed by atoms with van der Waals surface area (Å²) in [4.78, 5) is 14.9. The Morgan fingerprint density at radius 2 is 2.15 bits per heavy atom. The number of likely N-dealkylation sites (tertiary alicyclic amines) is 1. The van der Waals surface area contributed by atoms with Crippen LogP contribution >= 0.6 is 0 Å². The van der Waals surface area contributed by atoms with Gasteiger partial charge in [0, 0.05) is 42.3 Å². The van der Waals surface area contributed by atoms with E-state index in [1.807, 2.05) is 29.2 Å². The number of hydrogen-bond acceptors (Lipinski definition) is 5. The summed E-state index contributed by atoms with van der Waals surface area (Å²) in [5, 5.41) is 8.70. The molecule has 0 aromatic carbocycles. The van der Waals surface area contributed by atoms with E-state index in [2.05, 4.69) is 49.4 Å². The standard InChI is InChI=1S/C20H23N7/c1-26-7-3-14(4-8-26)11-22-20-23-13-18-17(12-21-19(18)25-20)15-5-9-27-16(10-15)2-6-24-27/h2,5-6,9-10,12-14H,3-4,7-8,11H2,1H3,(H2,21,22,23,25). The molecule has 1 fully saturated rings. The molecule has 138 valence electrons. The third-order valence-corrected chi connectivity index (χ3v) is 5.53. The van der Waals surface area contributed by atoms with E-state index in [0.717, 1.165) is 34.2 Å². The highest BCUT2D eigenvalue weighted by Gasteiger charge is 2.17. The highest BCUT2D eigenvalue weighted by atomic mass is 15.2. The van der Waals surface area contributed by atoms with Crippen LogP contribution in [-0.4, -0.2) is 56.1 Å². The van der Waals surface area contributed by atoms with Gasteiger partial charge in [-0.25, -0.2) is 9.50 Å². The third-order valence-electron chi connectivity index (χ3n) is 5.53. The SMILES string of the molecule is CN1CCC(CNc2ncc3c(-c4ccn5nccc5c4)c[nH]c3n2)CC1. The summed E-state index contributed by atoms with van der Waals surface area (Å²) in [6, 6.07) is 6.19. The van der Waals surface area contributed by atoms with Crippen LogP contribution in [0.15, 0.2) is 43.0 Å². The number of nitrogens with one attached hydrogen (secondary N) is 2. The Morgan fingerprint density at radius 1 is 1.26 bits per heavy atom. The monoisotopic (exact) mass is 361 g/mol. The van der Waals surface area contributed by atoms with Crippen LogP contribution in [0.5, 0.6) is 0 Å². The molecule has 1 aliphatic rings. The molecule has 7 heteroatoms. The van der Waals surface area contributed by atoms with Crippen LogP contribution in [0.4, 0.5) is 5.95 Å². The van der Waals surface area contributed by atoms with Crippen molar-refractivity contribution >= 4 is 22.5 Å². The molecular formula is C20H23N7. The van der Waals surface area contributed by atoms with Crippen molar-refractivity contribution in [2.45, 2.75) is 12.8 Å². The molecule has 0 atom stereocenters. The maximum Gasteiger partial charge on any atom is 0.224 e. The fraction of sp³-hybridized carbons (Fsp3) is 0.350. The predicted molar refractivity (Wildman–Crippen MR) is 107 cm³/mol. The number of H-pyrrole nitrogens is 1. The molecule has 2 N–H and O–H groups in total. The minimum Gasteiger partial charge on any atom is -0.354 e. The number of pyridine rings is 1. The van der Waals surface area contributed by atoms with E-state index in [-0.39, 0.29) is 0 Å². The maximum atomic E-state index is 4.67. The Kier molecular flexibility index (Phi) is 4.01. The molecule has 0 aliphatic carbocycles. The van der Waals surface area contributed by atoms with Crippen molar-refractivity contribution in [1.29, 1.82) is 0 Å². The lowest BCUT2D eigenvalue weighted by Gasteiger charge is -2.28. The highest BCUT2D eigenvalue weighted by molar-refractivity contribution is 5.94. The van der Waals surface area contributed by atoms with Gasteiger partial charge in [0.25, 0.3) is 0 Å². The van der Waals surface area contributed by atoms with Crippen LogP contribution in [0.25, 0.3) is 27.7 Å². The topological polar surface area (TPSA) is 74.1 Å². The molecule has 0 saturated carbocycles. The predicted octanol–water partition coefficient (Wildman–Crippen LogP) is 3.03. The first-order valence-corrected chi connectivity index (χ1v) is 9.46. The Balaban J connectivity index is 1.36. The second kappa shape index (κ2) is 6.66. The van der Waals surface area contributed by atoms with E-state index in [9.17, 15) is 0 Å². The van der Waals surface area contributed by atoms with Crippen molar-refractivity contribution in [2.24, 2.45) is 5.92 Å². The first-order valence-electron chi connectivity index (χ1n) is 9.46. The molecule has 1 saturated heterocycles. The number of aromatic amines is 1.